The van der Waals surface area contributed by atoms with E-state index in [9.17, 15) is 4.79 Å². The van der Waals surface area contributed by atoms with E-state index in [1.807, 2.05) is 36.9 Å². The molecule has 0 bridgehead atoms. The van der Waals surface area contributed by atoms with Crippen LogP contribution in [0, 0.1) is 27.7 Å². The molecule has 0 radical (unpaired) electrons. The van der Waals surface area contributed by atoms with Crippen LogP contribution in [0.25, 0.3) is 0 Å². The second kappa shape index (κ2) is 9.39. The van der Waals surface area contributed by atoms with Crippen LogP contribution in [0.5, 0.6) is 0 Å². The predicted molar refractivity (Wildman–Crippen MR) is 129 cm³/mol. The zero-order valence-corrected chi connectivity index (χ0v) is 19.4. The first-order valence-electron chi connectivity index (χ1n) is 11.2. The Morgan fingerprint density at radius 1 is 0.906 bits per heavy atom. The van der Waals surface area contributed by atoms with Gasteiger partial charge in [-0.15, -0.1) is 0 Å². The maximum Gasteiger partial charge on any atom is 0.321 e. The first-order valence-corrected chi connectivity index (χ1v) is 11.2. The Hall–Kier alpha value is -3.41. The number of aryl methyl sites for hydroxylation is 3. The van der Waals surface area contributed by atoms with Gasteiger partial charge in [-0.1, -0.05) is 42.5 Å². The fourth-order valence-electron chi connectivity index (χ4n) is 4.19. The molecule has 1 saturated heterocycles. The highest BCUT2D eigenvalue weighted by Crippen LogP contribution is 2.25. The zero-order valence-electron chi connectivity index (χ0n) is 19.4. The number of nitrogens with one attached hydrogen (secondary N) is 1. The van der Waals surface area contributed by atoms with Gasteiger partial charge in [-0.2, -0.15) is 0 Å². The van der Waals surface area contributed by atoms with Gasteiger partial charge in [-0.3, -0.25) is 0 Å². The summed E-state index contributed by atoms with van der Waals surface area (Å²) in [7, 11) is 0. The first kappa shape index (κ1) is 21.8. The molecule has 2 amide bonds. The highest BCUT2D eigenvalue weighted by molar-refractivity contribution is 5.90. The SMILES string of the molecule is Cc1nc(C)c(Cc2ccccc2)c(N2CCN(C(=O)Nc3cccc(C)c3C)CC2)n1. The van der Waals surface area contributed by atoms with Crippen molar-refractivity contribution in [3.63, 3.8) is 0 Å². The third kappa shape index (κ3) is 4.74. The van der Waals surface area contributed by atoms with Crippen LogP contribution in [0.15, 0.2) is 48.5 Å². The lowest BCUT2D eigenvalue weighted by molar-refractivity contribution is 0.208. The van der Waals surface area contributed by atoms with Crippen LogP contribution in [-0.4, -0.2) is 47.1 Å². The summed E-state index contributed by atoms with van der Waals surface area (Å²) in [6.45, 7) is 10.9. The summed E-state index contributed by atoms with van der Waals surface area (Å²) in [5, 5.41) is 3.08. The molecule has 0 spiro atoms. The van der Waals surface area contributed by atoms with Gasteiger partial charge in [0.25, 0.3) is 0 Å². The molecule has 6 nitrogen and oxygen atoms in total. The fraction of sp³-hybridized carbons (Fsp3) is 0.346. The summed E-state index contributed by atoms with van der Waals surface area (Å²) in [4.78, 5) is 26.5. The van der Waals surface area contributed by atoms with Gasteiger partial charge in [-0.05, 0) is 50.5 Å². The number of hydrogen-bond acceptors (Lipinski definition) is 4. The summed E-state index contributed by atoms with van der Waals surface area (Å²) in [6.07, 6.45) is 0.801. The van der Waals surface area contributed by atoms with Crippen molar-refractivity contribution in [2.45, 2.75) is 34.1 Å². The quantitative estimate of drug-likeness (QED) is 0.656. The molecule has 166 valence electrons. The van der Waals surface area contributed by atoms with Crippen LogP contribution in [-0.2, 0) is 6.42 Å². The van der Waals surface area contributed by atoms with E-state index in [0.717, 1.165) is 53.7 Å². The van der Waals surface area contributed by atoms with E-state index in [0.29, 0.717) is 13.1 Å². The molecule has 1 aliphatic heterocycles. The lowest BCUT2D eigenvalue weighted by Crippen LogP contribution is -2.50. The van der Waals surface area contributed by atoms with Crippen LogP contribution in [0.2, 0.25) is 0 Å². The van der Waals surface area contributed by atoms with E-state index in [2.05, 4.69) is 59.4 Å². The van der Waals surface area contributed by atoms with Crippen molar-refractivity contribution in [3.05, 3.63) is 82.3 Å². The van der Waals surface area contributed by atoms with Crippen molar-refractivity contribution in [1.82, 2.24) is 14.9 Å². The van der Waals surface area contributed by atoms with Gasteiger partial charge >= 0.3 is 6.03 Å². The summed E-state index contributed by atoms with van der Waals surface area (Å²) < 4.78 is 0. The maximum absolute atomic E-state index is 12.9. The Morgan fingerprint density at radius 2 is 1.62 bits per heavy atom. The minimum atomic E-state index is -0.0436. The molecule has 3 aromatic rings. The number of urea groups is 1. The van der Waals surface area contributed by atoms with Crippen LogP contribution in [0.1, 0.15) is 33.8 Å². The molecule has 1 aliphatic rings. The number of benzene rings is 2. The van der Waals surface area contributed by atoms with Gasteiger partial charge in [-0.25, -0.2) is 14.8 Å². The van der Waals surface area contributed by atoms with Crippen molar-refractivity contribution in [2.24, 2.45) is 0 Å². The Balaban J connectivity index is 1.47. The monoisotopic (exact) mass is 429 g/mol. The predicted octanol–water partition coefficient (Wildman–Crippen LogP) is 4.66. The van der Waals surface area contributed by atoms with E-state index in [-0.39, 0.29) is 6.03 Å². The topological polar surface area (TPSA) is 61.4 Å². The number of aromatic nitrogens is 2. The molecular formula is C26H31N5O. The number of hydrogen-bond donors (Lipinski definition) is 1. The van der Waals surface area contributed by atoms with Gasteiger partial charge < -0.3 is 15.1 Å². The molecule has 2 aromatic carbocycles. The standard InChI is InChI=1S/C26H31N5O/c1-18-9-8-12-24(19(18)2)29-26(32)31-15-13-30(14-16-31)25-23(20(3)27-21(4)28-25)17-22-10-6-5-7-11-22/h5-12H,13-17H2,1-4H3,(H,29,32). The van der Waals surface area contributed by atoms with Crippen molar-refractivity contribution in [1.29, 1.82) is 0 Å². The van der Waals surface area contributed by atoms with Crippen LogP contribution in [0.3, 0.4) is 0 Å². The molecule has 1 fully saturated rings. The lowest BCUT2D eigenvalue weighted by atomic mass is 10.0. The molecule has 0 saturated carbocycles. The first-order chi connectivity index (χ1) is 15.4. The second-order valence-electron chi connectivity index (χ2n) is 8.47. The normalized spacial score (nSPS) is 13.9. The van der Waals surface area contributed by atoms with E-state index in [4.69, 9.17) is 4.98 Å². The van der Waals surface area contributed by atoms with Crippen LogP contribution >= 0.6 is 0 Å². The number of nitrogens with zero attached hydrogens (tertiary/aromatic N) is 4. The number of anilines is 2. The minimum Gasteiger partial charge on any atom is -0.353 e. The molecule has 1 aromatic heterocycles. The van der Waals surface area contributed by atoms with E-state index >= 15 is 0 Å². The second-order valence-corrected chi connectivity index (χ2v) is 8.47. The molecule has 0 unspecified atom stereocenters. The molecule has 0 aliphatic carbocycles. The summed E-state index contributed by atoms with van der Waals surface area (Å²) in [5.41, 5.74) is 6.59. The van der Waals surface area contributed by atoms with Crippen molar-refractivity contribution in [2.75, 3.05) is 36.4 Å². The molecule has 1 N–H and O–H groups in total. The summed E-state index contributed by atoms with van der Waals surface area (Å²) >= 11 is 0. The molecule has 4 rings (SSSR count). The number of carbonyl (C=O) groups excluding carboxylic acids is 1. The van der Waals surface area contributed by atoms with E-state index in [1.165, 1.54) is 11.1 Å². The minimum absolute atomic E-state index is 0.0436. The van der Waals surface area contributed by atoms with Crippen LogP contribution < -0.4 is 10.2 Å². The summed E-state index contributed by atoms with van der Waals surface area (Å²) in [6, 6.07) is 16.4. The maximum atomic E-state index is 12.9. The molecule has 0 atom stereocenters. The zero-order chi connectivity index (χ0) is 22.7. The van der Waals surface area contributed by atoms with Gasteiger partial charge in [0.05, 0.1) is 0 Å². The third-order valence-electron chi connectivity index (χ3n) is 6.24. The third-order valence-corrected chi connectivity index (χ3v) is 6.24. The lowest BCUT2D eigenvalue weighted by Gasteiger charge is -2.36. The Labute approximate surface area is 190 Å². The van der Waals surface area contributed by atoms with Gasteiger partial charge in [0, 0.05) is 49.5 Å². The number of piperazine rings is 1. The van der Waals surface area contributed by atoms with Gasteiger partial charge in [0.1, 0.15) is 11.6 Å². The number of carbonyl (C=O) groups is 1. The summed E-state index contributed by atoms with van der Waals surface area (Å²) in [5.74, 6) is 1.78. The van der Waals surface area contributed by atoms with Gasteiger partial charge in [0.2, 0.25) is 0 Å². The Kier molecular flexibility index (Phi) is 6.40. The van der Waals surface area contributed by atoms with Crippen molar-refractivity contribution in [3.8, 4) is 0 Å². The Morgan fingerprint density at radius 3 is 2.34 bits per heavy atom. The van der Waals surface area contributed by atoms with Crippen LogP contribution in [0.4, 0.5) is 16.3 Å². The molecule has 32 heavy (non-hydrogen) atoms. The van der Waals surface area contributed by atoms with E-state index < -0.39 is 0 Å². The Bertz CT molecular complexity index is 1100. The highest BCUT2D eigenvalue weighted by Gasteiger charge is 2.25. The average Bonchev–Trinajstić information content (AvgIpc) is 2.79. The van der Waals surface area contributed by atoms with Gasteiger partial charge in [0.15, 0.2) is 0 Å². The highest BCUT2D eigenvalue weighted by atomic mass is 16.2. The van der Waals surface area contributed by atoms with Crippen molar-refractivity contribution >= 4 is 17.5 Å². The fourth-order valence-corrected chi connectivity index (χ4v) is 4.19. The van der Waals surface area contributed by atoms with E-state index in [1.54, 1.807) is 0 Å². The average molecular weight is 430 g/mol. The largest absolute Gasteiger partial charge is 0.353 e. The molecule has 6 heteroatoms. The number of rotatable bonds is 4. The smallest absolute Gasteiger partial charge is 0.321 e. The molecule has 2 heterocycles. The molecular weight excluding hydrogens is 398 g/mol. The number of amides is 2. The van der Waals surface area contributed by atoms with Crippen molar-refractivity contribution < 1.29 is 4.79 Å².